The number of halogens is 2. The summed E-state index contributed by atoms with van der Waals surface area (Å²) in [7, 11) is 0. The predicted molar refractivity (Wildman–Crippen MR) is 122 cm³/mol. The minimum absolute atomic E-state index is 0.00466. The lowest BCUT2D eigenvalue weighted by atomic mass is 10.1. The van der Waals surface area contributed by atoms with Gasteiger partial charge in [-0.2, -0.15) is 5.10 Å². The maximum Gasteiger partial charge on any atom is 0.245 e. The van der Waals surface area contributed by atoms with Gasteiger partial charge in [0.15, 0.2) is 0 Å². The smallest absolute Gasteiger partial charge is 0.245 e. The van der Waals surface area contributed by atoms with E-state index in [2.05, 4.69) is 10.4 Å². The largest absolute Gasteiger partial charge is 0.392 e. The molecule has 1 saturated carbocycles. The fraction of sp³-hybridized carbons (Fsp3) is 0.348. The van der Waals surface area contributed by atoms with Crippen LogP contribution in [0.5, 0.6) is 0 Å². The Bertz CT molecular complexity index is 1190. The average molecular weight is 474 g/mol. The lowest BCUT2D eigenvalue weighted by Crippen LogP contribution is -2.43. The average Bonchev–Trinajstić information content (AvgIpc) is 3.60. The number of amides is 2. The van der Waals surface area contributed by atoms with E-state index < -0.39 is 5.82 Å². The summed E-state index contributed by atoms with van der Waals surface area (Å²) in [6.45, 7) is -0.125. The van der Waals surface area contributed by atoms with Crippen LogP contribution >= 0.6 is 11.6 Å². The summed E-state index contributed by atoms with van der Waals surface area (Å²) >= 11 is 5.78. The molecule has 0 spiro atoms. The maximum absolute atomic E-state index is 14.1. The third-order valence-corrected chi connectivity index (χ3v) is 5.97. The topological polar surface area (TPSA) is 113 Å². The van der Waals surface area contributed by atoms with E-state index in [1.54, 1.807) is 28.9 Å². The quantitative estimate of drug-likeness (QED) is 0.440. The van der Waals surface area contributed by atoms with E-state index in [9.17, 15) is 19.1 Å². The van der Waals surface area contributed by atoms with Crippen molar-refractivity contribution in [2.75, 3.05) is 6.54 Å². The van der Waals surface area contributed by atoms with E-state index in [1.165, 1.54) is 11.0 Å². The molecule has 1 aliphatic carbocycles. The Labute approximate surface area is 195 Å². The number of aliphatic hydroxyl groups excluding tert-OH is 1. The molecule has 8 nitrogen and oxygen atoms in total. The van der Waals surface area contributed by atoms with Gasteiger partial charge in [0.2, 0.25) is 11.8 Å². The van der Waals surface area contributed by atoms with E-state index in [1.807, 2.05) is 6.07 Å². The number of carbonyl (C=O) groups excluding carboxylic acids is 2. The normalized spacial score (nSPS) is 13.3. The second-order valence-corrected chi connectivity index (χ2v) is 8.47. The van der Waals surface area contributed by atoms with Crippen LogP contribution in [0.2, 0.25) is 5.02 Å². The fourth-order valence-electron chi connectivity index (χ4n) is 3.77. The molecule has 1 heterocycles. The van der Waals surface area contributed by atoms with E-state index in [-0.39, 0.29) is 61.2 Å². The number of nitrogens with zero attached hydrogens (tertiary/aromatic N) is 3. The minimum Gasteiger partial charge on any atom is -0.392 e. The molecule has 0 atom stereocenters. The highest BCUT2D eigenvalue weighted by atomic mass is 35.5. The molecule has 0 saturated heterocycles. The van der Waals surface area contributed by atoms with Crippen LogP contribution in [0.25, 0.3) is 10.9 Å². The number of rotatable bonds is 9. The summed E-state index contributed by atoms with van der Waals surface area (Å²) in [5, 5.41) is 17.4. The zero-order valence-electron chi connectivity index (χ0n) is 17.9. The first-order valence-electron chi connectivity index (χ1n) is 10.7. The summed E-state index contributed by atoms with van der Waals surface area (Å²) < 4.78 is 15.6. The van der Waals surface area contributed by atoms with Gasteiger partial charge in [-0.1, -0.05) is 35.9 Å². The Morgan fingerprint density at radius 1 is 1.30 bits per heavy atom. The molecule has 174 valence electrons. The van der Waals surface area contributed by atoms with Crippen LogP contribution in [0.1, 0.15) is 29.7 Å². The zero-order chi connectivity index (χ0) is 23.5. The van der Waals surface area contributed by atoms with Gasteiger partial charge < -0.3 is 21.1 Å². The summed E-state index contributed by atoms with van der Waals surface area (Å²) in [5.41, 5.74) is 8.14. The molecule has 0 radical (unpaired) electrons. The van der Waals surface area contributed by atoms with Gasteiger partial charge in [-0.05, 0) is 30.5 Å². The Balaban J connectivity index is 1.46. The SMILES string of the molecule is NCc1nn(CC(=O)N(CC(=O)NCc2cccc(Cl)c2F)C2CC2)c2cc(CO)ccc12. The monoisotopic (exact) mass is 473 g/mol. The number of nitrogens with one attached hydrogen (secondary N) is 1. The Kier molecular flexibility index (Phi) is 6.92. The van der Waals surface area contributed by atoms with E-state index in [0.717, 1.165) is 18.2 Å². The molecular formula is C23H25ClFN5O3. The minimum atomic E-state index is -0.571. The third kappa shape index (κ3) is 5.16. The van der Waals surface area contributed by atoms with Crippen molar-refractivity contribution in [3.8, 4) is 0 Å². The fourth-order valence-corrected chi connectivity index (χ4v) is 3.97. The molecule has 2 amide bonds. The second-order valence-electron chi connectivity index (χ2n) is 8.06. The van der Waals surface area contributed by atoms with Crippen molar-refractivity contribution in [3.05, 3.63) is 64.1 Å². The van der Waals surface area contributed by atoms with Gasteiger partial charge in [-0.3, -0.25) is 14.3 Å². The van der Waals surface area contributed by atoms with Crippen molar-refractivity contribution in [3.63, 3.8) is 0 Å². The number of fused-ring (bicyclic) bond motifs is 1. The standard InChI is InChI=1S/C23H25ClFN5O3/c24-18-3-1-2-15(23(18)25)10-27-21(32)11-29(16-5-6-16)22(33)12-30-20-8-14(13-31)4-7-17(20)19(9-26)28-30/h1-4,7-8,16,31H,5-6,9-13,26H2,(H,27,32). The number of carbonyl (C=O) groups is 2. The summed E-state index contributed by atoms with van der Waals surface area (Å²) in [6, 6.07) is 9.99. The predicted octanol–water partition coefficient (Wildman–Crippen LogP) is 2.09. The zero-order valence-corrected chi connectivity index (χ0v) is 18.7. The molecule has 1 aromatic heterocycles. The highest BCUT2D eigenvalue weighted by Crippen LogP contribution is 2.28. The Morgan fingerprint density at radius 2 is 2.09 bits per heavy atom. The van der Waals surface area contributed by atoms with Gasteiger partial charge in [0.05, 0.1) is 29.4 Å². The number of aliphatic hydroxyl groups is 1. The number of aromatic nitrogens is 2. The molecule has 4 N–H and O–H groups in total. The van der Waals surface area contributed by atoms with Gasteiger partial charge in [0.25, 0.3) is 0 Å². The lowest BCUT2D eigenvalue weighted by Gasteiger charge is -2.22. The van der Waals surface area contributed by atoms with E-state index in [0.29, 0.717) is 16.8 Å². The lowest BCUT2D eigenvalue weighted by molar-refractivity contribution is -0.137. The van der Waals surface area contributed by atoms with Crippen LogP contribution < -0.4 is 11.1 Å². The van der Waals surface area contributed by atoms with E-state index >= 15 is 0 Å². The molecular weight excluding hydrogens is 449 g/mol. The van der Waals surface area contributed by atoms with Gasteiger partial charge in [0, 0.05) is 30.1 Å². The Morgan fingerprint density at radius 3 is 2.79 bits per heavy atom. The first-order chi connectivity index (χ1) is 15.9. The van der Waals surface area contributed by atoms with Crippen molar-refractivity contribution in [1.82, 2.24) is 20.0 Å². The number of hydrogen-bond donors (Lipinski definition) is 3. The third-order valence-electron chi connectivity index (χ3n) is 5.68. The van der Waals surface area contributed by atoms with Gasteiger partial charge in [0.1, 0.15) is 12.4 Å². The summed E-state index contributed by atoms with van der Waals surface area (Å²) in [5.74, 6) is -1.20. The first kappa shape index (κ1) is 23.2. The molecule has 0 unspecified atom stereocenters. The van der Waals surface area contributed by atoms with Crippen LogP contribution in [-0.4, -0.2) is 44.2 Å². The second kappa shape index (κ2) is 9.86. The highest BCUT2D eigenvalue weighted by Gasteiger charge is 2.34. The van der Waals surface area contributed by atoms with Gasteiger partial charge >= 0.3 is 0 Å². The molecule has 0 bridgehead atoms. The molecule has 10 heteroatoms. The molecule has 0 aliphatic heterocycles. The summed E-state index contributed by atoms with van der Waals surface area (Å²) in [4.78, 5) is 27.2. The molecule has 1 aliphatic rings. The van der Waals surface area contributed by atoms with Crippen molar-refractivity contribution in [2.45, 2.75) is 45.1 Å². The van der Waals surface area contributed by atoms with Gasteiger partial charge in [-0.15, -0.1) is 0 Å². The number of nitrogens with two attached hydrogens (primary N) is 1. The molecule has 4 rings (SSSR count). The Hall–Kier alpha value is -3.01. The van der Waals surface area contributed by atoms with Crippen LogP contribution in [0, 0.1) is 5.82 Å². The molecule has 1 fully saturated rings. The maximum atomic E-state index is 14.1. The van der Waals surface area contributed by atoms with Crippen molar-refractivity contribution < 1.29 is 19.1 Å². The van der Waals surface area contributed by atoms with Crippen LogP contribution in [0.3, 0.4) is 0 Å². The van der Waals surface area contributed by atoms with Crippen molar-refractivity contribution in [2.24, 2.45) is 5.73 Å². The van der Waals surface area contributed by atoms with Crippen molar-refractivity contribution >= 4 is 34.3 Å². The molecule has 3 aromatic rings. The first-order valence-corrected chi connectivity index (χ1v) is 11.1. The number of hydrogen-bond acceptors (Lipinski definition) is 5. The molecule has 33 heavy (non-hydrogen) atoms. The van der Waals surface area contributed by atoms with E-state index in [4.69, 9.17) is 17.3 Å². The van der Waals surface area contributed by atoms with Gasteiger partial charge in [-0.25, -0.2) is 4.39 Å². The number of benzene rings is 2. The van der Waals surface area contributed by atoms with Crippen LogP contribution in [-0.2, 0) is 35.8 Å². The van der Waals surface area contributed by atoms with Crippen LogP contribution in [0.4, 0.5) is 4.39 Å². The summed E-state index contributed by atoms with van der Waals surface area (Å²) in [6.07, 6.45) is 1.65. The molecule has 2 aromatic carbocycles. The van der Waals surface area contributed by atoms with Crippen molar-refractivity contribution in [1.29, 1.82) is 0 Å². The van der Waals surface area contributed by atoms with Crippen LogP contribution in [0.15, 0.2) is 36.4 Å². The highest BCUT2D eigenvalue weighted by molar-refractivity contribution is 6.30.